The van der Waals surface area contributed by atoms with Crippen LogP contribution >= 0.6 is 11.6 Å². The molecule has 0 aliphatic carbocycles. The van der Waals surface area contributed by atoms with Crippen LogP contribution in [0.15, 0.2) is 42.5 Å². The summed E-state index contributed by atoms with van der Waals surface area (Å²) < 4.78 is 11.4. The fourth-order valence-electron chi connectivity index (χ4n) is 1.69. The van der Waals surface area contributed by atoms with Crippen molar-refractivity contribution in [2.45, 2.75) is 13.3 Å². The number of hydrogen-bond donors (Lipinski definition) is 0. The predicted octanol–water partition coefficient (Wildman–Crippen LogP) is 4.73. The van der Waals surface area contributed by atoms with E-state index in [4.69, 9.17) is 21.1 Å². The zero-order chi connectivity index (χ0) is 14.4. The first-order chi connectivity index (χ1) is 9.74. The van der Waals surface area contributed by atoms with Gasteiger partial charge in [-0.1, -0.05) is 30.7 Å². The van der Waals surface area contributed by atoms with E-state index in [1.807, 2.05) is 25.1 Å². The molecule has 0 bridgehead atoms. The molecule has 0 spiro atoms. The first-order valence-electron chi connectivity index (χ1n) is 6.39. The standard InChI is InChI=1S/C16H15ClO3/c1-2-9-19-15-5-3-4-6-16(15)20-14-8-7-13(17)10-12(14)11-18/h3-8,10-11H,2,9H2,1H3. The van der Waals surface area contributed by atoms with Gasteiger partial charge in [0.05, 0.1) is 12.2 Å². The Morgan fingerprint density at radius 3 is 2.55 bits per heavy atom. The molecule has 2 rings (SSSR count). The summed E-state index contributed by atoms with van der Waals surface area (Å²) in [5, 5.41) is 0.495. The van der Waals surface area contributed by atoms with Gasteiger partial charge in [-0.2, -0.15) is 0 Å². The number of rotatable bonds is 6. The Morgan fingerprint density at radius 1 is 1.10 bits per heavy atom. The van der Waals surface area contributed by atoms with E-state index in [1.165, 1.54) is 0 Å². The molecular formula is C16H15ClO3. The number of hydrogen-bond acceptors (Lipinski definition) is 3. The van der Waals surface area contributed by atoms with E-state index in [1.54, 1.807) is 24.3 Å². The van der Waals surface area contributed by atoms with Crippen LogP contribution in [0.1, 0.15) is 23.7 Å². The first kappa shape index (κ1) is 14.4. The third-order valence-corrected chi connectivity index (χ3v) is 2.86. The van der Waals surface area contributed by atoms with Crippen LogP contribution in [0.25, 0.3) is 0 Å². The van der Waals surface area contributed by atoms with Gasteiger partial charge in [0.15, 0.2) is 17.8 Å². The molecule has 2 aromatic carbocycles. The second-order valence-electron chi connectivity index (χ2n) is 4.20. The third kappa shape index (κ3) is 3.52. The highest BCUT2D eigenvalue weighted by molar-refractivity contribution is 6.30. The molecule has 0 radical (unpaired) electrons. The maximum absolute atomic E-state index is 11.1. The van der Waals surface area contributed by atoms with Gasteiger partial charge in [-0.3, -0.25) is 4.79 Å². The smallest absolute Gasteiger partial charge is 0.169 e. The summed E-state index contributed by atoms with van der Waals surface area (Å²) in [5.41, 5.74) is 0.405. The average Bonchev–Trinajstić information content (AvgIpc) is 2.48. The summed E-state index contributed by atoms with van der Waals surface area (Å²) >= 11 is 5.86. The highest BCUT2D eigenvalue weighted by Crippen LogP contribution is 2.33. The molecule has 3 nitrogen and oxygen atoms in total. The number of ether oxygens (including phenoxy) is 2. The minimum Gasteiger partial charge on any atom is -0.490 e. The van der Waals surface area contributed by atoms with E-state index in [2.05, 4.69) is 0 Å². The van der Waals surface area contributed by atoms with Crippen molar-refractivity contribution in [1.82, 2.24) is 0 Å². The van der Waals surface area contributed by atoms with E-state index in [-0.39, 0.29) is 0 Å². The van der Waals surface area contributed by atoms with E-state index < -0.39 is 0 Å². The molecule has 0 atom stereocenters. The maximum atomic E-state index is 11.1. The molecule has 2 aromatic rings. The SMILES string of the molecule is CCCOc1ccccc1Oc1ccc(Cl)cc1C=O. The Morgan fingerprint density at radius 2 is 1.85 bits per heavy atom. The lowest BCUT2D eigenvalue weighted by molar-refractivity contribution is 0.112. The van der Waals surface area contributed by atoms with Gasteiger partial charge in [0.2, 0.25) is 0 Å². The lowest BCUT2D eigenvalue weighted by Crippen LogP contribution is -1.98. The van der Waals surface area contributed by atoms with E-state index in [0.29, 0.717) is 34.4 Å². The lowest BCUT2D eigenvalue weighted by atomic mass is 10.2. The van der Waals surface area contributed by atoms with Gasteiger partial charge in [0.25, 0.3) is 0 Å². The monoisotopic (exact) mass is 290 g/mol. The fourth-order valence-corrected chi connectivity index (χ4v) is 1.87. The lowest BCUT2D eigenvalue weighted by Gasteiger charge is -2.13. The van der Waals surface area contributed by atoms with E-state index >= 15 is 0 Å². The van der Waals surface area contributed by atoms with Crippen LogP contribution in [-0.4, -0.2) is 12.9 Å². The number of halogens is 1. The summed E-state index contributed by atoms with van der Waals surface area (Å²) in [6, 6.07) is 12.3. The quantitative estimate of drug-likeness (QED) is 0.721. The van der Waals surface area contributed by atoms with Crippen LogP contribution in [-0.2, 0) is 0 Å². The van der Waals surface area contributed by atoms with E-state index in [9.17, 15) is 4.79 Å². The number of para-hydroxylation sites is 2. The number of carbonyl (C=O) groups is 1. The molecule has 0 amide bonds. The second kappa shape index (κ2) is 6.96. The Balaban J connectivity index is 2.28. The van der Waals surface area contributed by atoms with Gasteiger partial charge in [-0.05, 0) is 36.8 Å². The van der Waals surface area contributed by atoms with Crippen LogP contribution in [0.4, 0.5) is 0 Å². The molecule has 0 aliphatic rings. The molecule has 0 N–H and O–H groups in total. The average molecular weight is 291 g/mol. The summed E-state index contributed by atoms with van der Waals surface area (Å²) in [5.74, 6) is 1.68. The predicted molar refractivity (Wildman–Crippen MR) is 79.1 cm³/mol. The Bertz CT molecular complexity index is 596. The molecule has 104 valence electrons. The molecule has 0 saturated carbocycles. The fraction of sp³-hybridized carbons (Fsp3) is 0.188. The Kier molecular flexibility index (Phi) is 5.02. The molecule has 4 heteroatoms. The largest absolute Gasteiger partial charge is 0.490 e. The minimum absolute atomic E-state index is 0.405. The van der Waals surface area contributed by atoms with Crippen molar-refractivity contribution in [3.05, 3.63) is 53.1 Å². The van der Waals surface area contributed by atoms with Crippen molar-refractivity contribution >= 4 is 17.9 Å². The normalized spacial score (nSPS) is 10.1. The highest BCUT2D eigenvalue weighted by Gasteiger charge is 2.09. The topological polar surface area (TPSA) is 35.5 Å². The molecular weight excluding hydrogens is 276 g/mol. The van der Waals surface area contributed by atoms with Crippen molar-refractivity contribution in [3.63, 3.8) is 0 Å². The van der Waals surface area contributed by atoms with Crippen LogP contribution in [0.3, 0.4) is 0 Å². The molecule has 20 heavy (non-hydrogen) atoms. The first-order valence-corrected chi connectivity index (χ1v) is 6.76. The third-order valence-electron chi connectivity index (χ3n) is 2.63. The molecule has 0 heterocycles. The van der Waals surface area contributed by atoms with Crippen molar-refractivity contribution in [2.75, 3.05) is 6.61 Å². The van der Waals surface area contributed by atoms with Gasteiger partial charge in [-0.25, -0.2) is 0 Å². The van der Waals surface area contributed by atoms with Crippen molar-refractivity contribution < 1.29 is 14.3 Å². The van der Waals surface area contributed by atoms with Gasteiger partial charge >= 0.3 is 0 Å². The number of carbonyl (C=O) groups excluding carboxylic acids is 1. The summed E-state index contributed by atoms with van der Waals surface area (Å²) in [4.78, 5) is 11.1. The highest BCUT2D eigenvalue weighted by atomic mass is 35.5. The van der Waals surface area contributed by atoms with Gasteiger partial charge < -0.3 is 9.47 Å². The van der Waals surface area contributed by atoms with Crippen molar-refractivity contribution in [1.29, 1.82) is 0 Å². The van der Waals surface area contributed by atoms with Crippen LogP contribution in [0.5, 0.6) is 17.2 Å². The number of aldehydes is 1. The molecule has 0 aromatic heterocycles. The molecule has 0 fully saturated rings. The summed E-state index contributed by atoms with van der Waals surface area (Å²) in [7, 11) is 0. The number of benzene rings is 2. The van der Waals surface area contributed by atoms with Crippen LogP contribution in [0, 0.1) is 0 Å². The second-order valence-corrected chi connectivity index (χ2v) is 4.63. The van der Waals surface area contributed by atoms with Crippen LogP contribution < -0.4 is 9.47 Å². The Hall–Kier alpha value is -2.00. The minimum atomic E-state index is 0.405. The summed E-state index contributed by atoms with van der Waals surface area (Å²) in [6.07, 6.45) is 1.63. The van der Waals surface area contributed by atoms with Gasteiger partial charge in [0, 0.05) is 5.02 Å². The summed E-state index contributed by atoms with van der Waals surface area (Å²) in [6.45, 7) is 2.65. The zero-order valence-electron chi connectivity index (χ0n) is 11.1. The molecule has 0 saturated heterocycles. The van der Waals surface area contributed by atoms with Gasteiger partial charge in [-0.15, -0.1) is 0 Å². The van der Waals surface area contributed by atoms with Crippen molar-refractivity contribution in [2.24, 2.45) is 0 Å². The van der Waals surface area contributed by atoms with E-state index in [0.717, 1.165) is 12.7 Å². The molecule has 0 aliphatic heterocycles. The zero-order valence-corrected chi connectivity index (χ0v) is 11.9. The molecule has 0 unspecified atom stereocenters. The van der Waals surface area contributed by atoms with Crippen molar-refractivity contribution in [3.8, 4) is 17.2 Å². The van der Waals surface area contributed by atoms with Crippen LogP contribution in [0.2, 0.25) is 5.02 Å². The van der Waals surface area contributed by atoms with Gasteiger partial charge in [0.1, 0.15) is 5.75 Å². The maximum Gasteiger partial charge on any atom is 0.169 e. The Labute approximate surface area is 123 Å².